The van der Waals surface area contributed by atoms with Crippen molar-refractivity contribution < 1.29 is 18.7 Å². The van der Waals surface area contributed by atoms with Gasteiger partial charge in [0, 0.05) is 36.6 Å². The normalized spacial score (nSPS) is 21.8. The number of anilines is 1. The van der Waals surface area contributed by atoms with Gasteiger partial charge in [0.05, 0.1) is 10.9 Å². The van der Waals surface area contributed by atoms with Crippen LogP contribution >= 0.6 is 24.2 Å². The molecule has 1 aromatic heterocycles. The number of pyridine rings is 1. The fraction of sp³-hybridized carbons (Fsp3) is 0.444. The number of carboxylic acids is 1. The second-order valence-electron chi connectivity index (χ2n) is 7.08. The van der Waals surface area contributed by atoms with E-state index in [9.17, 15) is 19.1 Å². The highest BCUT2D eigenvalue weighted by atomic mass is 35.5. The zero-order valence-electron chi connectivity index (χ0n) is 15.0. The lowest BCUT2D eigenvalue weighted by atomic mass is 10.1. The van der Waals surface area contributed by atoms with Gasteiger partial charge in [-0.15, -0.1) is 12.4 Å². The zero-order chi connectivity index (χ0) is 19.5. The molecule has 1 aromatic carbocycles. The monoisotopic (exact) mass is 431 g/mol. The Kier molecular flexibility index (Phi) is 5.62. The molecule has 2 aromatic rings. The van der Waals surface area contributed by atoms with Crippen molar-refractivity contribution in [1.29, 1.82) is 0 Å². The van der Waals surface area contributed by atoms with Gasteiger partial charge in [0.15, 0.2) is 5.82 Å². The lowest BCUT2D eigenvalue weighted by Crippen LogP contribution is -2.31. The van der Waals surface area contributed by atoms with Crippen molar-refractivity contribution in [2.45, 2.75) is 30.2 Å². The summed E-state index contributed by atoms with van der Waals surface area (Å²) in [5.74, 6) is -3.12. The molecule has 2 fully saturated rings. The number of halogens is 3. The van der Waals surface area contributed by atoms with E-state index in [0.29, 0.717) is 13.1 Å². The average Bonchev–Trinajstić information content (AvgIpc) is 3.38. The molecule has 0 bridgehead atoms. The number of benzene rings is 1. The minimum absolute atomic E-state index is 0. The number of carbonyl (C=O) groups is 1. The Balaban J connectivity index is 0.00000225. The van der Waals surface area contributed by atoms with Crippen LogP contribution in [0.5, 0.6) is 0 Å². The van der Waals surface area contributed by atoms with Gasteiger partial charge < -0.3 is 20.3 Å². The second kappa shape index (κ2) is 7.53. The lowest BCUT2D eigenvalue weighted by Gasteiger charge is -2.22. The highest BCUT2D eigenvalue weighted by molar-refractivity contribution is 7.99. The summed E-state index contributed by atoms with van der Waals surface area (Å²) >= 11 is 1.55. The van der Waals surface area contributed by atoms with Gasteiger partial charge in [0.1, 0.15) is 17.1 Å². The van der Waals surface area contributed by atoms with Crippen LogP contribution in [0.25, 0.3) is 10.9 Å². The Morgan fingerprint density at radius 1 is 1.32 bits per heavy atom. The van der Waals surface area contributed by atoms with Crippen molar-refractivity contribution >= 4 is 46.7 Å². The standard InChI is InChI=1S/C18H19F2N3O3S.ClH/c1-27-13-7-22(6-12(13)21)16-11(19)4-9-15(14(16)20)23(8-2-3-8)5-10(17(9)24)18(25)26;/h4-5,8,12-13H,2-3,6-7,21H2,1H3,(H,25,26);1H/t12-,13-;/m1./s1. The number of fused-ring (bicyclic) bond motifs is 1. The van der Waals surface area contributed by atoms with Crippen LogP contribution in [0.2, 0.25) is 0 Å². The Bertz CT molecular complexity index is 1010. The summed E-state index contributed by atoms with van der Waals surface area (Å²) < 4.78 is 31.8. The van der Waals surface area contributed by atoms with Gasteiger partial charge >= 0.3 is 5.97 Å². The third kappa shape index (κ3) is 3.25. The Morgan fingerprint density at radius 3 is 2.54 bits per heavy atom. The molecular formula is C18H20ClF2N3O3S. The third-order valence-electron chi connectivity index (χ3n) is 5.28. The summed E-state index contributed by atoms with van der Waals surface area (Å²) in [6.45, 7) is 0.717. The number of rotatable bonds is 4. The van der Waals surface area contributed by atoms with Crippen molar-refractivity contribution in [2.75, 3.05) is 24.2 Å². The van der Waals surface area contributed by atoms with E-state index >= 15 is 4.39 Å². The summed E-state index contributed by atoms with van der Waals surface area (Å²) in [6.07, 6.45) is 4.59. The first-order valence-electron chi connectivity index (χ1n) is 8.67. The van der Waals surface area contributed by atoms with Crippen LogP contribution in [0.15, 0.2) is 17.1 Å². The van der Waals surface area contributed by atoms with Crippen molar-refractivity contribution in [3.05, 3.63) is 39.7 Å². The SMILES string of the molecule is CS[C@@H]1CN(c2c(F)cc3c(=O)c(C(=O)O)cn(C4CC4)c3c2F)C[C@H]1N.Cl. The van der Waals surface area contributed by atoms with E-state index in [4.69, 9.17) is 5.73 Å². The summed E-state index contributed by atoms with van der Waals surface area (Å²) in [7, 11) is 0. The maximum absolute atomic E-state index is 15.5. The molecule has 0 amide bonds. The van der Waals surface area contributed by atoms with Crippen LogP contribution in [0.1, 0.15) is 29.2 Å². The summed E-state index contributed by atoms with van der Waals surface area (Å²) in [5, 5.41) is 9.09. The van der Waals surface area contributed by atoms with E-state index < -0.39 is 28.6 Å². The summed E-state index contributed by atoms with van der Waals surface area (Å²) in [6, 6.07) is 0.660. The van der Waals surface area contributed by atoms with Gasteiger partial charge in [-0.2, -0.15) is 11.8 Å². The van der Waals surface area contributed by atoms with E-state index in [1.54, 1.807) is 16.7 Å². The van der Waals surface area contributed by atoms with Gasteiger partial charge in [-0.3, -0.25) is 4.79 Å². The van der Waals surface area contributed by atoms with Crippen molar-refractivity contribution in [1.82, 2.24) is 4.57 Å². The molecule has 152 valence electrons. The number of nitrogens with two attached hydrogens (primary N) is 1. The van der Waals surface area contributed by atoms with Crippen molar-refractivity contribution in [2.24, 2.45) is 5.73 Å². The molecule has 4 rings (SSSR count). The molecule has 2 heterocycles. The minimum Gasteiger partial charge on any atom is -0.477 e. The molecule has 1 aliphatic carbocycles. The second-order valence-corrected chi connectivity index (χ2v) is 8.15. The van der Waals surface area contributed by atoms with E-state index in [1.165, 1.54) is 10.8 Å². The molecule has 1 saturated carbocycles. The lowest BCUT2D eigenvalue weighted by molar-refractivity contribution is 0.0695. The van der Waals surface area contributed by atoms with Gasteiger partial charge in [-0.1, -0.05) is 0 Å². The number of aromatic carboxylic acids is 1. The fourth-order valence-corrected chi connectivity index (χ4v) is 4.51. The number of carboxylic acid groups (broad SMARTS) is 1. The highest BCUT2D eigenvalue weighted by Gasteiger charge is 2.35. The summed E-state index contributed by atoms with van der Waals surface area (Å²) in [5.41, 5.74) is 4.47. The van der Waals surface area contributed by atoms with Crippen molar-refractivity contribution in [3.63, 3.8) is 0 Å². The first-order chi connectivity index (χ1) is 12.8. The largest absolute Gasteiger partial charge is 0.477 e. The van der Waals surface area contributed by atoms with Gasteiger partial charge in [-0.05, 0) is 25.2 Å². The third-order valence-corrected chi connectivity index (χ3v) is 6.39. The molecule has 3 N–H and O–H groups in total. The minimum atomic E-state index is -1.41. The molecule has 2 aliphatic rings. The number of thioether (sulfide) groups is 1. The molecule has 0 spiro atoms. The molecule has 1 aliphatic heterocycles. The Labute approximate surface area is 170 Å². The smallest absolute Gasteiger partial charge is 0.341 e. The fourth-order valence-electron chi connectivity index (χ4n) is 3.75. The maximum atomic E-state index is 15.5. The maximum Gasteiger partial charge on any atom is 0.341 e. The predicted molar refractivity (Wildman–Crippen MR) is 108 cm³/mol. The van der Waals surface area contributed by atoms with Gasteiger partial charge in [-0.25, -0.2) is 13.6 Å². The number of aromatic nitrogens is 1. The van der Waals surface area contributed by atoms with Crippen LogP contribution in [-0.2, 0) is 0 Å². The Hall–Kier alpha value is -1.84. The van der Waals surface area contributed by atoms with Crippen LogP contribution < -0.4 is 16.1 Å². The molecule has 6 nitrogen and oxygen atoms in total. The van der Waals surface area contributed by atoms with Crippen LogP contribution in [-0.4, -0.2) is 46.3 Å². The number of hydrogen-bond acceptors (Lipinski definition) is 5. The van der Waals surface area contributed by atoms with Crippen molar-refractivity contribution in [3.8, 4) is 0 Å². The topological polar surface area (TPSA) is 88.6 Å². The zero-order valence-corrected chi connectivity index (χ0v) is 16.7. The molecular weight excluding hydrogens is 412 g/mol. The summed E-state index contributed by atoms with van der Waals surface area (Å²) in [4.78, 5) is 25.4. The highest BCUT2D eigenvalue weighted by Crippen LogP contribution is 2.40. The Morgan fingerprint density at radius 2 is 2.00 bits per heavy atom. The first kappa shape index (κ1) is 20.9. The van der Waals surface area contributed by atoms with Crippen LogP contribution in [0.4, 0.5) is 14.5 Å². The number of nitrogens with zero attached hydrogens (tertiary/aromatic N) is 2. The number of hydrogen-bond donors (Lipinski definition) is 2. The van der Waals surface area contributed by atoms with E-state index in [1.807, 2.05) is 6.26 Å². The molecule has 0 unspecified atom stereocenters. The van der Waals surface area contributed by atoms with Crippen LogP contribution in [0, 0.1) is 11.6 Å². The van der Waals surface area contributed by atoms with Crippen LogP contribution in [0.3, 0.4) is 0 Å². The molecule has 0 radical (unpaired) electrons. The van der Waals surface area contributed by atoms with E-state index in [-0.39, 0.29) is 46.3 Å². The molecule has 10 heteroatoms. The van der Waals surface area contributed by atoms with E-state index in [0.717, 1.165) is 18.9 Å². The quantitative estimate of drug-likeness (QED) is 0.773. The first-order valence-corrected chi connectivity index (χ1v) is 9.95. The van der Waals surface area contributed by atoms with Gasteiger partial charge in [0.2, 0.25) is 5.43 Å². The predicted octanol–water partition coefficient (Wildman–Crippen LogP) is 2.61. The average molecular weight is 432 g/mol. The molecule has 2 atom stereocenters. The molecule has 28 heavy (non-hydrogen) atoms. The van der Waals surface area contributed by atoms with E-state index in [2.05, 4.69) is 0 Å². The van der Waals surface area contributed by atoms with Gasteiger partial charge in [0.25, 0.3) is 0 Å². The molecule has 1 saturated heterocycles.